The van der Waals surface area contributed by atoms with Crippen molar-refractivity contribution < 1.29 is 9.90 Å². The number of rotatable bonds is 4. The average molecular weight is 669 g/mol. The highest BCUT2D eigenvalue weighted by atomic mass is 16.4. The summed E-state index contributed by atoms with van der Waals surface area (Å²) in [5.74, 6) is 0.144. The molecule has 0 atom stereocenters. The van der Waals surface area contributed by atoms with Gasteiger partial charge >= 0.3 is 5.97 Å². The Hall–Kier alpha value is -6.41. The minimum Gasteiger partial charge on any atom is -0.478 e. The van der Waals surface area contributed by atoms with Crippen molar-refractivity contribution in [1.82, 2.24) is 29.9 Å². The van der Waals surface area contributed by atoms with E-state index >= 15 is 0 Å². The first-order valence-corrected chi connectivity index (χ1v) is 16.9. The lowest BCUT2D eigenvalue weighted by atomic mass is 9.92. The van der Waals surface area contributed by atoms with Crippen molar-refractivity contribution in [2.45, 2.75) is 41.5 Å². The van der Waals surface area contributed by atoms with Crippen LogP contribution in [0.2, 0.25) is 0 Å². The first kappa shape index (κ1) is 31.8. The summed E-state index contributed by atoms with van der Waals surface area (Å²) in [5.41, 5.74) is 17.4. The van der Waals surface area contributed by atoms with Crippen LogP contribution >= 0.6 is 0 Å². The Morgan fingerprint density at radius 2 is 1.10 bits per heavy atom. The van der Waals surface area contributed by atoms with Gasteiger partial charge in [-0.1, -0.05) is 47.5 Å². The molecule has 2 aliphatic rings. The summed E-state index contributed by atoms with van der Waals surface area (Å²) in [4.78, 5) is 39.2. The Morgan fingerprint density at radius 3 is 1.65 bits per heavy atom. The second kappa shape index (κ2) is 12.2. The van der Waals surface area contributed by atoms with Gasteiger partial charge in [0.05, 0.1) is 17.0 Å². The number of nitrogens with one attached hydrogen (secondary N) is 2. The fraction of sp³-hybridized carbons (Fsp3) is 0.140. The average Bonchev–Trinajstić information content (AvgIpc) is 3.89. The molecule has 2 aliphatic heterocycles. The Balaban J connectivity index is 1.50. The monoisotopic (exact) mass is 668 g/mol. The van der Waals surface area contributed by atoms with E-state index in [1.54, 1.807) is 12.1 Å². The minimum atomic E-state index is -0.977. The van der Waals surface area contributed by atoms with Crippen LogP contribution in [0.1, 0.15) is 72.3 Å². The number of carboxylic acids is 1. The lowest BCUT2D eigenvalue weighted by molar-refractivity contribution is 0.0697. The summed E-state index contributed by atoms with van der Waals surface area (Å²) >= 11 is 0. The molecule has 0 unspecified atom stereocenters. The highest BCUT2D eigenvalue weighted by Gasteiger charge is 2.22. The molecular weight excluding hydrogens is 633 g/mol. The molecule has 3 aromatic carbocycles. The largest absolute Gasteiger partial charge is 0.478 e. The fourth-order valence-corrected chi connectivity index (χ4v) is 7.56. The van der Waals surface area contributed by atoms with Crippen molar-refractivity contribution >= 4 is 52.1 Å². The zero-order valence-electron chi connectivity index (χ0n) is 29.3. The maximum Gasteiger partial charge on any atom is 0.335 e. The Kier molecular flexibility index (Phi) is 7.60. The SMILES string of the molecule is Cc1cc(C)c(-c2c3nc(nc4ccc([nH]4)c(-c4c(C)cc(C)cc4C)c4nc(nc5ccc2[nH]5)C=C4)C(c2ccc(C(=O)O)cc2)=C3)c(C)c1. The van der Waals surface area contributed by atoms with E-state index in [0.29, 0.717) is 22.9 Å². The summed E-state index contributed by atoms with van der Waals surface area (Å²) < 4.78 is 0. The van der Waals surface area contributed by atoms with Gasteiger partial charge in [-0.3, -0.25) is 0 Å². The number of aromatic amines is 2. The summed E-state index contributed by atoms with van der Waals surface area (Å²) in [6.45, 7) is 12.7. The highest BCUT2D eigenvalue weighted by molar-refractivity contribution is 6.00. The van der Waals surface area contributed by atoms with Crippen LogP contribution in [0.3, 0.4) is 0 Å². The van der Waals surface area contributed by atoms with Crippen LogP contribution in [0.5, 0.6) is 0 Å². The van der Waals surface area contributed by atoms with Gasteiger partial charge in [0, 0.05) is 27.7 Å². The molecule has 8 rings (SSSR count). The number of benzene rings is 3. The van der Waals surface area contributed by atoms with Gasteiger partial charge in [-0.15, -0.1) is 0 Å². The van der Waals surface area contributed by atoms with Gasteiger partial charge in [-0.25, -0.2) is 24.7 Å². The Bertz CT molecular complexity index is 2630. The predicted octanol–water partition coefficient (Wildman–Crippen LogP) is 9.75. The van der Waals surface area contributed by atoms with Gasteiger partial charge in [0.15, 0.2) is 11.6 Å². The second-order valence-corrected chi connectivity index (χ2v) is 13.5. The lowest BCUT2D eigenvalue weighted by Gasteiger charge is -2.13. The van der Waals surface area contributed by atoms with Gasteiger partial charge in [-0.05, 0) is 135 Å². The molecular formula is C43H36N6O2. The smallest absolute Gasteiger partial charge is 0.335 e. The van der Waals surface area contributed by atoms with E-state index < -0.39 is 5.97 Å². The molecule has 0 aliphatic carbocycles. The standard InChI is InChI=1S/C43H36N6O2/c1-22-17-24(3)38(25(4)18-22)40-31-11-14-35(44-31)48-36-15-12-33(45-36)41(39-26(5)19-23(2)20-27(39)6)34-21-30(28-7-9-29(10-8-28)43(50)51)42(47-34)49-37-16-13-32(40)46-37/h7-21H,1-6H3,(H,50,51)(H,44,45,48)(H,46,47,49). The third kappa shape index (κ3) is 5.74. The van der Waals surface area contributed by atoms with Gasteiger partial charge in [0.1, 0.15) is 11.3 Å². The number of carboxylic acid groups (broad SMARTS) is 1. The van der Waals surface area contributed by atoms with Crippen LogP contribution in [0.4, 0.5) is 0 Å². The lowest BCUT2D eigenvalue weighted by Crippen LogP contribution is -1.96. The molecule has 0 fully saturated rings. The number of fused-ring (bicyclic) bond motifs is 8. The number of carbonyl (C=O) groups is 1. The summed E-state index contributed by atoms with van der Waals surface area (Å²) in [6, 6.07) is 23.6. The molecule has 250 valence electrons. The normalized spacial score (nSPS) is 12.3. The molecule has 0 amide bonds. The molecule has 0 spiro atoms. The number of aryl methyl sites for hydroxylation is 6. The van der Waals surface area contributed by atoms with Gasteiger partial charge < -0.3 is 15.1 Å². The molecule has 6 aromatic rings. The number of hydrogen-bond donors (Lipinski definition) is 3. The molecule has 8 heteroatoms. The predicted molar refractivity (Wildman–Crippen MR) is 205 cm³/mol. The molecule has 8 bridgehead atoms. The summed E-state index contributed by atoms with van der Waals surface area (Å²) in [6.07, 6.45) is 6.02. The first-order chi connectivity index (χ1) is 24.5. The second-order valence-electron chi connectivity index (χ2n) is 13.5. The third-order valence-electron chi connectivity index (χ3n) is 9.52. The van der Waals surface area contributed by atoms with E-state index in [4.69, 9.17) is 19.9 Å². The van der Waals surface area contributed by atoms with Crippen molar-refractivity contribution in [2.75, 3.05) is 0 Å². The molecule has 51 heavy (non-hydrogen) atoms. The fourth-order valence-electron chi connectivity index (χ4n) is 7.56. The molecule has 0 saturated heterocycles. The molecule has 8 nitrogen and oxygen atoms in total. The van der Waals surface area contributed by atoms with E-state index in [0.717, 1.165) is 78.1 Å². The number of aromatic carboxylic acids is 1. The number of nitrogens with zero attached hydrogens (tertiary/aromatic N) is 4. The topological polar surface area (TPSA) is 120 Å². The quantitative estimate of drug-likeness (QED) is 0.172. The van der Waals surface area contributed by atoms with Gasteiger partial charge in [0.25, 0.3) is 0 Å². The number of H-pyrrole nitrogens is 2. The molecule has 3 aromatic heterocycles. The van der Waals surface area contributed by atoms with E-state index in [-0.39, 0.29) is 5.56 Å². The zero-order valence-corrected chi connectivity index (χ0v) is 29.3. The Morgan fingerprint density at radius 1 is 0.569 bits per heavy atom. The van der Waals surface area contributed by atoms with Crippen molar-refractivity contribution in [2.24, 2.45) is 0 Å². The van der Waals surface area contributed by atoms with E-state index in [1.807, 2.05) is 54.6 Å². The first-order valence-electron chi connectivity index (χ1n) is 16.9. The summed E-state index contributed by atoms with van der Waals surface area (Å²) in [7, 11) is 0. The minimum absolute atomic E-state index is 0.214. The number of hydrogen-bond acceptors (Lipinski definition) is 5. The van der Waals surface area contributed by atoms with E-state index in [9.17, 15) is 9.90 Å². The van der Waals surface area contributed by atoms with Crippen molar-refractivity contribution in [3.05, 3.63) is 140 Å². The molecule has 0 saturated carbocycles. The van der Waals surface area contributed by atoms with Crippen LogP contribution < -0.4 is 0 Å². The van der Waals surface area contributed by atoms with E-state index in [2.05, 4.69) is 75.8 Å². The zero-order chi connectivity index (χ0) is 35.6. The molecule has 5 heterocycles. The highest BCUT2D eigenvalue weighted by Crippen LogP contribution is 2.39. The van der Waals surface area contributed by atoms with Crippen LogP contribution in [-0.4, -0.2) is 41.0 Å². The van der Waals surface area contributed by atoms with Gasteiger partial charge in [0.2, 0.25) is 0 Å². The molecule has 3 N–H and O–H groups in total. The van der Waals surface area contributed by atoms with Crippen molar-refractivity contribution in [3.8, 4) is 22.3 Å². The van der Waals surface area contributed by atoms with Crippen molar-refractivity contribution in [1.29, 1.82) is 0 Å². The van der Waals surface area contributed by atoms with Crippen LogP contribution in [0.15, 0.2) is 72.8 Å². The van der Waals surface area contributed by atoms with Crippen LogP contribution in [-0.2, 0) is 0 Å². The van der Waals surface area contributed by atoms with Crippen LogP contribution in [0.25, 0.3) is 68.4 Å². The number of aromatic nitrogens is 6. The maximum atomic E-state index is 11.7. The van der Waals surface area contributed by atoms with Crippen LogP contribution in [0, 0.1) is 41.5 Å². The molecule has 0 radical (unpaired) electrons. The van der Waals surface area contributed by atoms with Gasteiger partial charge in [-0.2, -0.15) is 0 Å². The maximum absolute atomic E-state index is 11.7. The third-order valence-corrected chi connectivity index (χ3v) is 9.52. The van der Waals surface area contributed by atoms with Crippen molar-refractivity contribution in [3.63, 3.8) is 0 Å². The van der Waals surface area contributed by atoms with E-state index in [1.165, 1.54) is 11.1 Å². The Labute approximate surface area is 295 Å². The summed E-state index contributed by atoms with van der Waals surface area (Å²) in [5, 5.41) is 9.59.